The quantitative estimate of drug-likeness (QED) is 0.288. The van der Waals surface area contributed by atoms with Gasteiger partial charge in [0.1, 0.15) is 12.4 Å². The maximum Gasteiger partial charge on any atom is 0.294 e. The summed E-state index contributed by atoms with van der Waals surface area (Å²) in [4.78, 5) is 39.3. The Morgan fingerprint density at radius 3 is 2.62 bits per heavy atom. The van der Waals surface area contributed by atoms with E-state index in [0.29, 0.717) is 22.8 Å². The van der Waals surface area contributed by atoms with Crippen LogP contribution in [0.1, 0.15) is 16.7 Å². The van der Waals surface area contributed by atoms with Crippen LogP contribution >= 0.6 is 23.4 Å². The average Bonchev–Trinajstić information content (AvgIpc) is 3.35. The number of imide groups is 1. The summed E-state index contributed by atoms with van der Waals surface area (Å²) in [5, 5.41) is 3.50. The smallest absolute Gasteiger partial charge is 0.294 e. The van der Waals surface area contributed by atoms with Gasteiger partial charge in [0.25, 0.3) is 11.1 Å². The van der Waals surface area contributed by atoms with Crippen molar-refractivity contribution in [1.29, 1.82) is 0 Å². The first-order chi connectivity index (χ1) is 17.8. The Balaban J connectivity index is 1.37. The maximum atomic E-state index is 14.3. The molecule has 6 nitrogen and oxygen atoms in total. The van der Waals surface area contributed by atoms with E-state index in [1.54, 1.807) is 42.5 Å². The number of anilines is 1. The Morgan fingerprint density at radius 1 is 1.08 bits per heavy atom. The lowest BCUT2D eigenvalue weighted by Gasteiger charge is -2.12. The lowest BCUT2D eigenvalue weighted by atomic mass is 10.1. The number of halogens is 2. The molecule has 1 fully saturated rings. The Bertz CT molecular complexity index is 1600. The van der Waals surface area contributed by atoms with E-state index in [9.17, 15) is 18.8 Å². The summed E-state index contributed by atoms with van der Waals surface area (Å²) >= 11 is 6.89. The van der Waals surface area contributed by atoms with Gasteiger partial charge in [0.05, 0.1) is 11.4 Å². The zero-order chi connectivity index (χ0) is 26.1. The Labute approximate surface area is 221 Å². The Hall–Kier alpha value is -3.88. The molecule has 3 aromatic carbocycles. The van der Waals surface area contributed by atoms with Crippen LogP contribution in [-0.4, -0.2) is 33.1 Å². The summed E-state index contributed by atoms with van der Waals surface area (Å²) in [5.74, 6) is -1.35. The largest absolute Gasteiger partial charge is 0.342 e. The van der Waals surface area contributed by atoms with Crippen LogP contribution in [0.4, 0.5) is 14.9 Å². The molecule has 0 radical (unpaired) electrons. The van der Waals surface area contributed by atoms with Crippen LogP contribution in [0.25, 0.3) is 17.0 Å². The summed E-state index contributed by atoms with van der Waals surface area (Å²) in [5.41, 5.74) is 3.47. The highest BCUT2D eigenvalue weighted by molar-refractivity contribution is 8.18. The van der Waals surface area contributed by atoms with Crippen LogP contribution < -0.4 is 5.32 Å². The van der Waals surface area contributed by atoms with Crippen LogP contribution in [0.5, 0.6) is 0 Å². The van der Waals surface area contributed by atoms with Crippen LogP contribution in [0.2, 0.25) is 5.02 Å². The topological polar surface area (TPSA) is 71.4 Å². The number of carbonyl (C=O) groups is 3. The van der Waals surface area contributed by atoms with Crippen molar-refractivity contribution in [1.82, 2.24) is 9.47 Å². The van der Waals surface area contributed by atoms with Crippen molar-refractivity contribution in [2.45, 2.75) is 13.5 Å². The van der Waals surface area contributed by atoms with Crippen LogP contribution in [0.3, 0.4) is 0 Å². The van der Waals surface area contributed by atoms with Crippen molar-refractivity contribution >= 4 is 63.1 Å². The molecule has 0 aliphatic carbocycles. The van der Waals surface area contributed by atoms with E-state index in [0.717, 1.165) is 38.7 Å². The number of nitrogens with zero attached hydrogens (tertiary/aromatic N) is 2. The first kappa shape index (κ1) is 24.8. The SMILES string of the molecule is Cc1ccc(NC(=O)CN2C(=O)S/C(=C\c3cn(Cc4ccccc4F)c4ccccc34)C2=O)cc1Cl. The minimum atomic E-state index is -0.543. The second kappa shape index (κ2) is 10.2. The highest BCUT2D eigenvalue weighted by atomic mass is 35.5. The molecule has 1 aliphatic rings. The fourth-order valence-corrected chi connectivity index (χ4v) is 5.13. The van der Waals surface area contributed by atoms with Crippen molar-refractivity contribution in [2.24, 2.45) is 0 Å². The third-order valence-electron chi connectivity index (χ3n) is 6.04. The molecular formula is C28H21ClFN3O3S. The molecule has 1 aliphatic heterocycles. The van der Waals surface area contributed by atoms with E-state index in [1.807, 2.05) is 42.0 Å². The monoisotopic (exact) mass is 533 g/mol. The van der Waals surface area contributed by atoms with E-state index in [1.165, 1.54) is 6.07 Å². The molecule has 186 valence electrons. The molecule has 0 saturated carbocycles. The fourth-order valence-electron chi connectivity index (χ4n) is 4.12. The molecule has 0 unspecified atom stereocenters. The van der Waals surface area contributed by atoms with Crippen molar-refractivity contribution in [3.05, 3.63) is 105 Å². The molecule has 3 amide bonds. The molecule has 5 rings (SSSR count). The lowest BCUT2D eigenvalue weighted by molar-refractivity contribution is -0.127. The van der Waals surface area contributed by atoms with Gasteiger partial charge in [0, 0.05) is 38.9 Å². The molecule has 1 N–H and O–H groups in total. The number of para-hydroxylation sites is 1. The molecular weight excluding hydrogens is 513 g/mol. The third-order valence-corrected chi connectivity index (χ3v) is 7.35. The van der Waals surface area contributed by atoms with E-state index >= 15 is 0 Å². The summed E-state index contributed by atoms with van der Waals surface area (Å²) in [6.07, 6.45) is 3.47. The number of aromatic nitrogens is 1. The van der Waals surface area contributed by atoms with Crippen molar-refractivity contribution in [3.63, 3.8) is 0 Å². The van der Waals surface area contributed by atoms with E-state index in [2.05, 4.69) is 5.32 Å². The molecule has 37 heavy (non-hydrogen) atoms. The molecule has 9 heteroatoms. The Morgan fingerprint density at radius 2 is 1.84 bits per heavy atom. The summed E-state index contributed by atoms with van der Waals surface area (Å²) in [6, 6.07) is 19.2. The fraction of sp³-hybridized carbons (Fsp3) is 0.107. The van der Waals surface area contributed by atoms with Crippen molar-refractivity contribution in [3.8, 4) is 0 Å². The number of hydrogen-bond donors (Lipinski definition) is 1. The number of nitrogens with one attached hydrogen (secondary N) is 1. The van der Waals surface area contributed by atoms with Gasteiger partial charge in [-0.1, -0.05) is 54.1 Å². The van der Waals surface area contributed by atoms with Gasteiger partial charge >= 0.3 is 0 Å². The predicted octanol–water partition coefficient (Wildman–Crippen LogP) is 6.47. The molecule has 0 atom stereocenters. The molecule has 0 bridgehead atoms. The number of fused-ring (bicyclic) bond motifs is 1. The highest BCUT2D eigenvalue weighted by Gasteiger charge is 2.36. The van der Waals surface area contributed by atoms with Crippen LogP contribution in [-0.2, 0) is 16.1 Å². The van der Waals surface area contributed by atoms with Gasteiger partial charge in [-0.3, -0.25) is 19.3 Å². The van der Waals surface area contributed by atoms with Gasteiger partial charge in [0.15, 0.2) is 0 Å². The highest BCUT2D eigenvalue weighted by Crippen LogP contribution is 2.34. The second-order valence-corrected chi connectivity index (χ2v) is 10.0. The van der Waals surface area contributed by atoms with Crippen molar-refractivity contribution < 1.29 is 18.8 Å². The van der Waals surface area contributed by atoms with Crippen molar-refractivity contribution in [2.75, 3.05) is 11.9 Å². The Kier molecular flexibility index (Phi) is 6.86. The minimum absolute atomic E-state index is 0.213. The number of aryl methyl sites for hydroxylation is 1. The standard InChI is InChI=1S/C28H21ClFN3O3S/c1-17-10-11-20(13-22(17)29)31-26(34)16-33-27(35)25(37-28(33)36)12-19-15-32(24-9-5-3-7-21(19)24)14-18-6-2-4-8-23(18)30/h2-13,15H,14,16H2,1H3,(H,31,34)/b25-12-. The normalized spacial score (nSPS) is 14.7. The first-order valence-electron chi connectivity index (χ1n) is 11.4. The summed E-state index contributed by atoms with van der Waals surface area (Å²) < 4.78 is 16.2. The maximum absolute atomic E-state index is 14.3. The molecule has 2 heterocycles. The van der Waals surface area contributed by atoms with Gasteiger partial charge in [-0.05, 0) is 54.6 Å². The summed E-state index contributed by atoms with van der Waals surface area (Å²) in [7, 11) is 0. The molecule has 1 saturated heterocycles. The number of benzene rings is 3. The van der Waals surface area contributed by atoms with E-state index in [-0.39, 0.29) is 10.7 Å². The molecule has 4 aromatic rings. The van der Waals surface area contributed by atoms with E-state index < -0.39 is 23.6 Å². The number of carbonyl (C=O) groups excluding carboxylic acids is 3. The van der Waals surface area contributed by atoms with Gasteiger partial charge in [-0.15, -0.1) is 0 Å². The minimum Gasteiger partial charge on any atom is -0.342 e. The van der Waals surface area contributed by atoms with Gasteiger partial charge < -0.3 is 9.88 Å². The molecule has 1 aromatic heterocycles. The zero-order valence-electron chi connectivity index (χ0n) is 19.7. The van der Waals surface area contributed by atoms with Gasteiger partial charge in [-0.2, -0.15) is 0 Å². The lowest BCUT2D eigenvalue weighted by Crippen LogP contribution is -2.36. The average molecular weight is 534 g/mol. The number of amides is 3. The number of hydrogen-bond acceptors (Lipinski definition) is 4. The predicted molar refractivity (Wildman–Crippen MR) is 145 cm³/mol. The number of thioether (sulfide) groups is 1. The van der Waals surface area contributed by atoms with Gasteiger partial charge in [-0.25, -0.2) is 4.39 Å². The molecule has 0 spiro atoms. The zero-order valence-corrected chi connectivity index (χ0v) is 21.3. The summed E-state index contributed by atoms with van der Waals surface area (Å²) in [6.45, 7) is 1.74. The van der Waals surface area contributed by atoms with Crippen LogP contribution in [0.15, 0.2) is 77.8 Å². The van der Waals surface area contributed by atoms with Crippen LogP contribution in [0, 0.1) is 12.7 Å². The first-order valence-corrected chi connectivity index (χ1v) is 12.6. The second-order valence-electron chi connectivity index (χ2n) is 8.60. The third kappa shape index (κ3) is 5.16. The van der Waals surface area contributed by atoms with E-state index in [4.69, 9.17) is 11.6 Å². The number of rotatable bonds is 6. The van der Waals surface area contributed by atoms with Gasteiger partial charge in [0.2, 0.25) is 5.91 Å².